The Morgan fingerprint density at radius 2 is 1.72 bits per heavy atom. The number of ether oxygens (including phenoxy) is 1. The van der Waals surface area contributed by atoms with Gasteiger partial charge in [0, 0.05) is 41.6 Å². The zero-order valence-electron chi connectivity index (χ0n) is 23.2. The van der Waals surface area contributed by atoms with Gasteiger partial charge in [0.1, 0.15) is 29.9 Å². The number of aromatic nitrogens is 3. The zero-order chi connectivity index (χ0) is 30.3. The minimum Gasteiger partial charge on any atom is -0.478 e. The highest BCUT2D eigenvalue weighted by atomic mass is 19.1. The van der Waals surface area contributed by atoms with Gasteiger partial charge in [0.15, 0.2) is 0 Å². The molecule has 6 nitrogen and oxygen atoms in total. The highest BCUT2D eigenvalue weighted by Gasteiger charge is 2.44. The maximum absolute atomic E-state index is 15.5. The minimum atomic E-state index is -1.42. The van der Waals surface area contributed by atoms with E-state index < -0.39 is 35.3 Å². The van der Waals surface area contributed by atoms with Gasteiger partial charge in [-0.25, -0.2) is 27.9 Å². The number of halogens is 4. The molecule has 0 bridgehead atoms. The van der Waals surface area contributed by atoms with Crippen molar-refractivity contribution >= 4 is 17.0 Å². The molecule has 1 aliphatic carbocycles. The zero-order valence-corrected chi connectivity index (χ0v) is 23.2. The predicted molar refractivity (Wildman–Crippen MR) is 152 cm³/mol. The quantitative estimate of drug-likeness (QED) is 0.171. The maximum Gasteiger partial charge on any atom is 0.338 e. The average molecular weight is 590 g/mol. The van der Waals surface area contributed by atoms with E-state index in [9.17, 15) is 23.1 Å². The Balaban J connectivity index is 1.27. The Labute approximate surface area is 244 Å². The number of alkyl halides is 1. The monoisotopic (exact) mass is 589 g/mol. The normalized spacial score (nSPS) is 13.8. The molecular weight excluding hydrogens is 562 g/mol. The molecule has 1 aliphatic rings. The van der Waals surface area contributed by atoms with Gasteiger partial charge in [-0.1, -0.05) is 30.3 Å². The van der Waals surface area contributed by atoms with Crippen LogP contribution in [-0.4, -0.2) is 32.3 Å². The van der Waals surface area contributed by atoms with Crippen LogP contribution in [0.1, 0.15) is 45.7 Å². The lowest BCUT2D eigenvalue weighted by molar-refractivity contribution is 0.0692. The van der Waals surface area contributed by atoms with Crippen LogP contribution < -0.4 is 4.74 Å². The number of hydrogen-bond acceptors (Lipinski definition) is 4. The Kier molecular flexibility index (Phi) is 7.37. The Morgan fingerprint density at radius 1 is 0.953 bits per heavy atom. The van der Waals surface area contributed by atoms with Crippen molar-refractivity contribution in [1.29, 1.82) is 0 Å². The van der Waals surface area contributed by atoms with E-state index in [4.69, 9.17) is 4.74 Å². The number of nitrogens with zero attached hydrogens (tertiary/aromatic N) is 3. The first-order chi connectivity index (χ1) is 20.6. The lowest BCUT2D eigenvalue weighted by Gasteiger charge is -2.16. The van der Waals surface area contributed by atoms with E-state index in [0.717, 1.165) is 11.6 Å². The lowest BCUT2D eigenvalue weighted by atomic mass is 10.0. The highest BCUT2D eigenvalue weighted by molar-refractivity contribution is 5.93. The summed E-state index contributed by atoms with van der Waals surface area (Å²) in [5.74, 6) is -2.62. The number of fused-ring (bicyclic) bond motifs is 1. The third kappa shape index (κ3) is 5.82. The number of carboxylic acid groups (broad SMARTS) is 1. The second-order valence-electron chi connectivity index (χ2n) is 11.1. The van der Waals surface area contributed by atoms with Crippen LogP contribution in [0, 0.1) is 29.8 Å². The number of pyridine rings is 1. The molecule has 6 rings (SSSR count). The number of rotatable bonds is 10. The number of hydrogen-bond donors (Lipinski definition) is 1. The van der Waals surface area contributed by atoms with E-state index in [1.165, 1.54) is 18.2 Å². The largest absolute Gasteiger partial charge is 0.478 e. The number of imidazole rings is 1. The fourth-order valence-corrected chi connectivity index (χ4v) is 5.11. The molecule has 3 aromatic carbocycles. The van der Waals surface area contributed by atoms with Gasteiger partial charge in [0.25, 0.3) is 0 Å². The topological polar surface area (TPSA) is 77.2 Å². The van der Waals surface area contributed by atoms with Crippen LogP contribution in [0.15, 0.2) is 66.7 Å². The Bertz CT molecular complexity index is 1870. The van der Waals surface area contributed by atoms with Crippen LogP contribution >= 0.6 is 0 Å². The maximum atomic E-state index is 15.5. The summed E-state index contributed by atoms with van der Waals surface area (Å²) < 4.78 is 65.3. The molecule has 0 atom stereocenters. The number of carbonyl (C=O) groups is 1. The van der Waals surface area contributed by atoms with Gasteiger partial charge in [0.2, 0.25) is 5.88 Å². The second kappa shape index (κ2) is 11.2. The van der Waals surface area contributed by atoms with Crippen LogP contribution in [0.5, 0.6) is 5.88 Å². The fraction of sp³-hybridized carbons (Fsp3) is 0.242. The van der Waals surface area contributed by atoms with E-state index in [0.29, 0.717) is 46.6 Å². The van der Waals surface area contributed by atoms with E-state index in [-0.39, 0.29) is 36.8 Å². The van der Waals surface area contributed by atoms with Gasteiger partial charge in [-0.3, -0.25) is 4.39 Å². The summed E-state index contributed by atoms with van der Waals surface area (Å²) in [5, 5.41) is 9.42. The van der Waals surface area contributed by atoms with E-state index >= 15 is 4.39 Å². The van der Waals surface area contributed by atoms with Crippen LogP contribution in [-0.2, 0) is 19.6 Å². The predicted octanol–water partition coefficient (Wildman–Crippen LogP) is 7.44. The first-order valence-corrected chi connectivity index (χ1v) is 13.8. The summed E-state index contributed by atoms with van der Waals surface area (Å²) in [6, 6.07) is 16.8. The van der Waals surface area contributed by atoms with Crippen LogP contribution in [0.25, 0.3) is 22.3 Å². The Hall–Kier alpha value is -4.73. The molecule has 220 valence electrons. The fourth-order valence-electron chi connectivity index (χ4n) is 5.11. The first kappa shape index (κ1) is 28.4. The SMILES string of the molecule is Cc1ccc(COc2cccc(-c3ccc(Cc4nc5cc(F)c(C(=O)O)cc5n4CC4(CF)CC4)c(F)c3)n2)c(F)c1. The lowest BCUT2D eigenvalue weighted by Crippen LogP contribution is -2.16. The van der Waals surface area contributed by atoms with Crippen LogP contribution in [0.4, 0.5) is 17.6 Å². The van der Waals surface area contributed by atoms with Crippen molar-refractivity contribution in [1.82, 2.24) is 14.5 Å². The second-order valence-corrected chi connectivity index (χ2v) is 11.1. The first-order valence-electron chi connectivity index (χ1n) is 13.8. The van der Waals surface area contributed by atoms with Crippen LogP contribution in [0.3, 0.4) is 0 Å². The number of aromatic carboxylic acids is 1. The van der Waals surface area contributed by atoms with Crippen molar-refractivity contribution in [3.63, 3.8) is 0 Å². The van der Waals surface area contributed by atoms with Crippen molar-refractivity contribution < 1.29 is 32.2 Å². The van der Waals surface area contributed by atoms with Crippen LogP contribution in [0.2, 0.25) is 0 Å². The van der Waals surface area contributed by atoms with Crippen molar-refractivity contribution in [3.8, 4) is 17.1 Å². The molecule has 2 heterocycles. The molecule has 1 fully saturated rings. The highest BCUT2D eigenvalue weighted by Crippen LogP contribution is 2.48. The molecule has 0 spiro atoms. The summed E-state index contributed by atoms with van der Waals surface area (Å²) >= 11 is 0. The number of carboxylic acids is 1. The third-order valence-electron chi connectivity index (χ3n) is 7.89. The van der Waals surface area contributed by atoms with Gasteiger partial charge < -0.3 is 14.4 Å². The van der Waals surface area contributed by atoms with E-state index in [1.807, 2.05) is 0 Å². The van der Waals surface area contributed by atoms with Gasteiger partial charge in [-0.05, 0) is 55.2 Å². The molecule has 1 saturated carbocycles. The van der Waals surface area contributed by atoms with E-state index in [1.54, 1.807) is 54.0 Å². The third-order valence-corrected chi connectivity index (χ3v) is 7.89. The van der Waals surface area contributed by atoms with Gasteiger partial charge in [-0.2, -0.15) is 0 Å². The van der Waals surface area contributed by atoms with Crippen molar-refractivity contribution in [3.05, 3.63) is 112 Å². The molecule has 0 radical (unpaired) electrons. The minimum absolute atomic E-state index is 0.0155. The smallest absolute Gasteiger partial charge is 0.338 e. The summed E-state index contributed by atoms with van der Waals surface area (Å²) in [5.41, 5.74) is 1.91. The molecule has 43 heavy (non-hydrogen) atoms. The summed E-state index contributed by atoms with van der Waals surface area (Å²) in [7, 11) is 0. The average Bonchev–Trinajstić information content (AvgIpc) is 3.69. The Morgan fingerprint density at radius 3 is 2.42 bits per heavy atom. The molecule has 10 heteroatoms. The van der Waals surface area contributed by atoms with Crippen molar-refractivity contribution in [2.45, 2.75) is 39.3 Å². The standard InChI is InChI=1S/C33H27F4N3O3/c1-19-5-6-22(24(35)11-19)16-43-31-4-2-3-27(39-31)21-8-7-20(25(36)12-21)13-30-38-28-15-26(37)23(32(41)42)14-29(28)40(30)18-33(17-34)9-10-33/h2-8,11-12,14-15H,9-10,13,16-18H2,1H3,(H,41,42). The summed E-state index contributed by atoms with van der Waals surface area (Å²) in [4.78, 5) is 20.5. The molecule has 0 unspecified atom stereocenters. The van der Waals surface area contributed by atoms with Gasteiger partial charge in [0.05, 0.1) is 29.0 Å². The van der Waals surface area contributed by atoms with Crippen molar-refractivity contribution in [2.75, 3.05) is 6.67 Å². The van der Waals surface area contributed by atoms with Gasteiger partial charge in [-0.15, -0.1) is 0 Å². The molecule has 0 saturated heterocycles. The summed E-state index contributed by atoms with van der Waals surface area (Å²) in [6.07, 6.45) is 1.34. The summed E-state index contributed by atoms with van der Waals surface area (Å²) in [6.45, 7) is 1.45. The molecular formula is C33H27F4N3O3. The molecule has 1 N–H and O–H groups in total. The van der Waals surface area contributed by atoms with Crippen molar-refractivity contribution in [2.24, 2.45) is 5.41 Å². The number of benzene rings is 3. The van der Waals surface area contributed by atoms with Gasteiger partial charge >= 0.3 is 5.97 Å². The molecule has 0 amide bonds. The molecule has 2 aromatic heterocycles. The molecule has 0 aliphatic heterocycles. The number of aryl methyl sites for hydroxylation is 1. The van der Waals surface area contributed by atoms with E-state index in [2.05, 4.69) is 9.97 Å². The molecule has 5 aromatic rings.